The molecule has 0 spiro atoms. The monoisotopic (exact) mass is 702 g/mol. The van der Waals surface area contributed by atoms with Crippen LogP contribution in [0.1, 0.15) is 46.2 Å². The van der Waals surface area contributed by atoms with Crippen LogP contribution < -0.4 is 5.32 Å². The van der Waals surface area contributed by atoms with Gasteiger partial charge in [0.15, 0.2) is 0 Å². The number of hydrogen-bond acceptors (Lipinski definition) is 4. The van der Waals surface area contributed by atoms with Crippen molar-refractivity contribution >= 4 is 23.6 Å². The van der Waals surface area contributed by atoms with Crippen molar-refractivity contribution in [3.63, 3.8) is 0 Å². The Hall–Kier alpha value is -5.43. The maximum atomic E-state index is 15.1. The third-order valence-electron chi connectivity index (χ3n) is 10.1. The summed E-state index contributed by atoms with van der Waals surface area (Å²) in [5, 5.41) is 14.2. The first-order valence-electron chi connectivity index (χ1n) is 17.8. The lowest BCUT2D eigenvalue weighted by Gasteiger charge is -2.42. The smallest absolute Gasteiger partial charge is 0.326 e. The van der Waals surface area contributed by atoms with Crippen molar-refractivity contribution in [2.75, 3.05) is 12.3 Å². The topological polar surface area (TPSA) is 69.6 Å². The molecule has 0 radical (unpaired) electrons. The number of carboxylic acid groups (broad SMARTS) is 1. The molecule has 6 aromatic rings. The minimum atomic E-state index is -0.968. The largest absolute Gasteiger partial charge is 0.480 e. The highest BCUT2D eigenvalue weighted by atomic mass is 32.2. The number of nitrogens with zero attached hydrogens (tertiary/aromatic N) is 1. The van der Waals surface area contributed by atoms with Gasteiger partial charge in [-0.25, -0.2) is 4.79 Å². The van der Waals surface area contributed by atoms with E-state index in [2.05, 4.69) is 115 Å². The van der Waals surface area contributed by atoms with Crippen LogP contribution in [0.25, 0.3) is 0 Å². The van der Waals surface area contributed by atoms with Gasteiger partial charge in [0, 0.05) is 12.3 Å². The second-order valence-corrected chi connectivity index (χ2v) is 14.4. The molecule has 5 nitrogen and oxygen atoms in total. The summed E-state index contributed by atoms with van der Waals surface area (Å²) in [4.78, 5) is 29.3. The van der Waals surface area contributed by atoms with Crippen molar-refractivity contribution in [3.8, 4) is 0 Å². The van der Waals surface area contributed by atoms with Crippen LogP contribution >= 0.6 is 11.8 Å². The number of rotatable bonds is 13. The minimum absolute atomic E-state index is 0.215. The lowest BCUT2D eigenvalue weighted by molar-refractivity contribution is -0.148. The van der Waals surface area contributed by atoms with Gasteiger partial charge in [-0.2, -0.15) is 0 Å². The standard InChI is InChI=1S/C46H42N2O3S/c49-43(48-33-19-32-42(48)44(50)51)41(47-45(35-20-7-1-8-21-35,36-22-9-2-10-23-36)37-24-11-3-12-25-37)34-52-46(38-26-13-4-14-27-38,39-28-15-5-16-29-39)40-30-17-6-18-31-40/h1-18,20-31,41-42,47H,19,32-34H2,(H,50,51)/t41-,42-/m1/s1. The quantitative estimate of drug-likeness (QED) is 0.118. The van der Waals surface area contributed by atoms with Gasteiger partial charge in [0.2, 0.25) is 5.91 Å². The molecule has 1 saturated heterocycles. The van der Waals surface area contributed by atoms with Crippen molar-refractivity contribution in [1.82, 2.24) is 10.2 Å². The number of benzene rings is 6. The molecule has 0 aromatic heterocycles. The van der Waals surface area contributed by atoms with Crippen LogP contribution in [0, 0.1) is 0 Å². The van der Waals surface area contributed by atoms with Gasteiger partial charge in [0.05, 0.1) is 16.3 Å². The highest BCUT2D eigenvalue weighted by molar-refractivity contribution is 8.00. The molecule has 1 heterocycles. The van der Waals surface area contributed by atoms with Gasteiger partial charge in [-0.3, -0.25) is 10.1 Å². The lowest BCUT2D eigenvalue weighted by Crippen LogP contribution is -2.58. The van der Waals surface area contributed by atoms with Crippen LogP contribution in [0.2, 0.25) is 0 Å². The molecule has 0 bridgehead atoms. The van der Waals surface area contributed by atoms with Gasteiger partial charge in [-0.05, 0) is 46.2 Å². The van der Waals surface area contributed by atoms with Crippen molar-refractivity contribution in [2.24, 2.45) is 0 Å². The van der Waals surface area contributed by atoms with Crippen LogP contribution in [0.4, 0.5) is 0 Å². The number of carbonyl (C=O) groups excluding carboxylic acids is 1. The van der Waals surface area contributed by atoms with E-state index in [9.17, 15) is 9.90 Å². The number of likely N-dealkylation sites (tertiary alicyclic amines) is 1. The van der Waals surface area contributed by atoms with Crippen LogP contribution in [0.15, 0.2) is 182 Å². The third kappa shape index (κ3) is 6.80. The van der Waals surface area contributed by atoms with Gasteiger partial charge >= 0.3 is 5.97 Å². The van der Waals surface area contributed by atoms with Crippen molar-refractivity contribution in [3.05, 3.63) is 215 Å². The van der Waals surface area contributed by atoms with Gasteiger partial charge in [0.25, 0.3) is 0 Å². The van der Waals surface area contributed by atoms with E-state index < -0.39 is 28.3 Å². The van der Waals surface area contributed by atoms with E-state index in [1.807, 2.05) is 72.8 Å². The second-order valence-electron chi connectivity index (χ2n) is 13.2. The van der Waals surface area contributed by atoms with E-state index in [1.165, 1.54) is 0 Å². The predicted octanol–water partition coefficient (Wildman–Crippen LogP) is 8.74. The molecule has 6 heteroatoms. The molecule has 1 aliphatic heterocycles. The highest BCUT2D eigenvalue weighted by Crippen LogP contribution is 2.49. The molecular formula is C46H42N2O3S. The number of aliphatic carboxylic acids is 1. The van der Waals surface area contributed by atoms with E-state index >= 15 is 4.79 Å². The van der Waals surface area contributed by atoms with Gasteiger partial charge < -0.3 is 10.0 Å². The van der Waals surface area contributed by atoms with E-state index in [-0.39, 0.29) is 5.91 Å². The summed E-state index contributed by atoms with van der Waals surface area (Å²) in [5.41, 5.74) is 5.26. The van der Waals surface area contributed by atoms with Gasteiger partial charge in [-0.1, -0.05) is 182 Å². The van der Waals surface area contributed by atoms with Crippen molar-refractivity contribution in [2.45, 2.75) is 35.2 Å². The predicted molar refractivity (Wildman–Crippen MR) is 210 cm³/mol. The summed E-state index contributed by atoms with van der Waals surface area (Å²) in [5.74, 6) is -0.841. The number of carbonyl (C=O) groups is 2. The van der Waals surface area contributed by atoms with Gasteiger partial charge in [0.1, 0.15) is 6.04 Å². The molecule has 2 N–H and O–H groups in total. The Balaban J connectivity index is 1.42. The van der Waals surface area contributed by atoms with E-state index in [1.54, 1.807) is 16.7 Å². The number of nitrogens with one attached hydrogen (secondary N) is 1. The van der Waals surface area contributed by atoms with E-state index in [0.29, 0.717) is 25.1 Å². The van der Waals surface area contributed by atoms with Crippen molar-refractivity contribution < 1.29 is 14.7 Å². The number of carboxylic acids is 1. The van der Waals surface area contributed by atoms with Gasteiger partial charge in [-0.15, -0.1) is 11.8 Å². The summed E-state index contributed by atoms with van der Waals surface area (Å²) in [6.45, 7) is 0.398. The van der Waals surface area contributed by atoms with Crippen LogP contribution in [0.5, 0.6) is 0 Å². The molecule has 1 fully saturated rings. The Labute approximate surface area is 310 Å². The fraction of sp³-hybridized carbons (Fsp3) is 0.174. The highest BCUT2D eigenvalue weighted by Gasteiger charge is 2.45. The summed E-state index contributed by atoms with van der Waals surface area (Å²) in [7, 11) is 0. The summed E-state index contributed by atoms with van der Waals surface area (Å²) < 4.78 is -0.684. The minimum Gasteiger partial charge on any atom is -0.480 e. The molecule has 0 aliphatic carbocycles. The lowest BCUT2D eigenvalue weighted by atomic mass is 9.76. The third-order valence-corrected chi connectivity index (χ3v) is 11.8. The Morgan fingerprint density at radius 2 is 0.942 bits per heavy atom. The van der Waals surface area contributed by atoms with Crippen molar-refractivity contribution in [1.29, 1.82) is 0 Å². The molecule has 1 aliphatic rings. The zero-order chi connectivity index (χ0) is 35.8. The van der Waals surface area contributed by atoms with Crippen LogP contribution in [0.3, 0.4) is 0 Å². The maximum absolute atomic E-state index is 15.1. The fourth-order valence-electron chi connectivity index (χ4n) is 7.71. The Morgan fingerprint density at radius 1 is 0.596 bits per heavy atom. The SMILES string of the molecule is O=C(O)[C@H]1CCCN1C(=O)[C@@H](CSC(c1ccccc1)(c1ccccc1)c1ccccc1)NC(c1ccccc1)(c1ccccc1)c1ccccc1. The molecule has 0 unspecified atom stereocenters. The Bertz CT molecular complexity index is 1850. The van der Waals surface area contributed by atoms with E-state index in [4.69, 9.17) is 0 Å². The maximum Gasteiger partial charge on any atom is 0.326 e. The molecule has 52 heavy (non-hydrogen) atoms. The average molecular weight is 703 g/mol. The molecule has 7 rings (SSSR count). The fourth-order valence-corrected chi connectivity index (χ4v) is 9.27. The number of hydrogen-bond donors (Lipinski definition) is 2. The molecule has 6 aromatic carbocycles. The normalized spacial score (nSPS) is 15.2. The van der Waals surface area contributed by atoms with E-state index in [0.717, 1.165) is 33.4 Å². The molecular weight excluding hydrogens is 661 g/mol. The first-order chi connectivity index (χ1) is 25.5. The Kier molecular flexibility index (Phi) is 10.7. The average Bonchev–Trinajstić information content (AvgIpc) is 3.72. The number of amides is 1. The molecule has 260 valence electrons. The molecule has 2 atom stereocenters. The first-order valence-corrected chi connectivity index (χ1v) is 18.8. The first kappa shape index (κ1) is 35.0. The summed E-state index contributed by atoms with van der Waals surface area (Å²) in [6, 6.07) is 60.4. The number of thioether (sulfide) groups is 1. The van der Waals surface area contributed by atoms with Crippen LogP contribution in [-0.4, -0.2) is 46.3 Å². The summed E-state index contributed by atoms with van der Waals surface area (Å²) >= 11 is 1.70. The summed E-state index contributed by atoms with van der Waals surface area (Å²) in [6.07, 6.45) is 1.08. The Morgan fingerprint density at radius 3 is 1.29 bits per heavy atom. The zero-order valence-electron chi connectivity index (χ0n) is 28.9. The second kappa shape index (κ2) is 15.9. The van der Waals surface area contributed by atoms with Crippen LogP contribution in [-0.2, 0) is 19.9 Å². The zero-order valence-corrected chi connectivity index (χ0v) is 29.7. The molecule has 0 saturated carbocycles. The molecule has 1 amide bonds.